The van der Waals surface area contributed by atoms with Gasteiger partial charge in [-0.15, -0.1) is 0 Å². The second-order valence-corrected chi connectivity index (χ2v) is 4.44. The number of aromatic amines is 1. The normalized spacial score (nSPS) is 12.6. The fourth-order valence-corrected chi connectivity index (χ4v) is 2.09. The lowest BCUT2D eigenvalue weighted by molar-refractivity contribution is 0.525. The third-order valence-electron chi connectivity index (χ3n) is 2.72. The minimum absolute atomic E-state index is 0.0755. The van der Waals surface area contributed by atoms with Crippen LogP contribution in [0.25, 0.3) is 0 Å². The van der Waals surface area contributed by atoms with Crippen LogP contribution in [0.2, 0.25) is 5.02 Å². The van der Waals surface area contributed by atoms with Crippen molar-refractivity contribution >= 4 is 11.6 Å². The lowest BCUT2D eigenvalue weighted by atomic mass is 10.1. The summed E-state index contributed by atoms with van der Waals surface area (Å²) in [5, 5.41) is 3.49. The Bertz CT molecular complexity index is 499. The smallest absolute Gasteiger partial charge is 0.141 e. The van der Waals surface area contributed by atoms with E-state index < -0.39 is 5.82 Å². The van der Waals surface area contributed by atoms with E-state index in [0.717, 1.165) is 17.9 Å². The summed E-state index contributed by atoms with van der Waals surface area (Å²) >= 11 is 5.78. The Balaban J connectivity index is 2.16. The zero-order chi connectivity index (χ0) is 13.0. The predicted molar refractivity (Wildman–Crippen MR) is 70.1 cm³/mol. The van der Waals surface area contributed by atoms with Crippen molar-refractivity contribution < 1.29 is 4.39 Å². The van der Waals surface area contributed by atoms with Crippen molar-refractivity contribution in [1.29, 1.82) is 0 Å². The van der Waals surface area contributed by atoms with E-state index in [-0.39, 0.29) is 11.1 Å². The van der Waals surface area contributed by atoms with Crippen LogP contribution in [-0.2, 0) is 6.42 Å². The van der Waals surface area contributed by atoms with Crippen LogP contribution in [0, 0.1) is 5.82 Å². The highest BCUT2D eigenvalue weighted by Gasteiger charge is 2.14. The molecule has 5 heteroatoms. The lowest BCUT2D eigenvalue weighted by Crippen LogP contribution is -2.24. The highest BCUT2D eigenvalue weighted by molar-refractivity contribution is 6.30. The van der Waals surface area contributed by atoms with Crippen molar-refractivity contribution in [3.63, 3.8) is 0 Å². The maximum atomic E-state index is 13.1. The summed E-state index contributed by atoms with van der Waals surface area (Å²) in [5.41, 5.74) is 0.976. The molecule has 1 heterocycles. The number of nitrogens with one attached hydrogen (secondary N) is 2. The number of nitrogens with zero attached hydrogens (tertiary/aromatic N) is 1. The van der Waals surface area contributed by atoms with Crippen LogP contribution in [-0.4, -0.2) is 16.5 Å². The Morgan fingerprint density at radius 2 is 2.33 bits per heavy atom. The Morgan fingerprint density at radius 3 is 2.94 bits per heavy atom. The summed E-state index contributed by atoms with van der Waals surface area (Å²) in [6, 6.07) is 4.87. The van der Waals surface area contributed by atoms with Crippen molar-refractivity contribution in [2.75, 3.05) is 6.54 Å². The van der Waals surface area contributed by atoms with Crippen molar-refractivity contribution in [3.8, 4) is 0 Å². The van der Waals surface area contributed by atoms with Crippen LogP contribution in [0.4, 0.5) is 4.39 Å². The second kappa shape index (κ2) is 5.98. The van der Waals surface area contributed by atoms with Gasteiger partial charge in [0.25, 0.3) is 0 Å². The van der Waals surface area contributed by atoms with Crippen LogP contribution in [0.5, 0.6) is 0 Å². The molecule has 0 saturated carbocycles. The van der Waals surface area contributed by atoms with E-state index in [9.17, 15) is 4.39 Å². The van der Waals surface area contributed by atoms with Crippen LogP contribution in [0.15, 0.2) is 30.6 Å². The summed E-state index contributed by atoms with van der Waals surface area (Å²) in [5.74, 6) is 0.482. The number of imidazole rings is 1. The van der Waals surface area contributed by atoms with E-state index in [4.69, 9.17) is 11.6 Å². The van der Waals surface area contributed by atoms with Crippen LogP contribution >= 0.6 is 11.6 Å². The number of aromatic nitrogens is 2. The maximum Gasteiger partial charge on any atom is 0.141 e. The van der Waals surface area contributed by atoms with E-state index in [1.807, 2.05) is 6.92 Å². The first kappa shape index (κ1) is 13.1. The number of hydrogen-bond donors (Lipinski definition) is 2. The van der Waals surface area contributed by atoms with Gasteiger partial charge in [0.15, 0.2) is 0 Å². The first-order valence-electron chi connectivity index (χ1n) is 5.87. The van der Waals surface area contributed by atoms with Crippen molar-refractivity contribution in [3.05, 3.63) is 52.8 Å². The molecule has 2 rings (SSSR count). The standard InChI is InChI=1S/C13H15ClFN3/c1-2-16-12(13-17-5-6-18-13)8-9-3-4-11(15)10(14)7-9/h3-7,12,16H,2,8H2,1H3,(H,17,18). The SMILES string of the molecule is CCNC(Cc1ccc(F)c(Cl)c1)c1ncc[nH]1. The van der Waals surface area contributed by atoms with Crippen LogP contribution in [0.3, 0.4) is 0 Å². The average Bonchev–Trinajstić information content (AvgIpc) is 2.87. The van der Waals surface area contributed by atoms with Gasteiger partial charge in [0, 0.05) is 12.4 Å². The topological polar surface area (TPSA) is 40.7 Å². The molecule has 0 bridgehead atoms. The molecule has 1 unspecified atom stereocenters. The molecule has 0 fully saturated rings. The zero-order valence-corrected chi connectivity index (χ0v) is 10.8. The minimum Gasteiger partial charge on any atom is -0.347 e. The van der Waals surface area contributed by atoms with Crippen LogP contribution < -0.4 is 5.32 Å². The number of likely N-dealkylation sites (N-methyl/N-ethyl adjacent to an activating group) is 1. The molecular weight excluding hydrogens is 253 g/mol. The number of rotatable bonds is 5. The molecule has 18 heavy (non-hydrogen) atoms. The Hall–Kier alpha value is -1.39. The first-order chi connectivity index (χ1) is 8.70. The summed E-state index contributed by atoms with van der Waals surface area (Å²) in [6.07, 6.45) is 4.22. The van der Waals surface area contributed by atoms with E-state index in [2.05, 4.69) is 15.3 Å². The fourth-order valence-electron chi connectivity index (χ4n) is 1.88. The van der Waals surface area contributed by atoms with Gasteiger partial charge in [-0.1, -0.05) is 24.6 Å². The van der Waals surface area contributed by atoms with E-state index >= 15 is 0 Å². The molecule has 2 N–H and O–H groups in total. The maximum absolute atomic E-state index is 13.1. The zero-order valence-electron chi connectivity index (χ0n) is 10.1. The van der Waals surface area contributed by atoms with Crippen LogP contribution in [0.1, 0.15) is 24.4 Å². The molecule has 1 aromatic heterocycles. The fraction of sp³-hybridized carbons (Fsp3) is 0.308. The summed E-state index contributed by atoms with van der Waals surface area (Å²) in [4.78, 5) is 7.33. The quantitative estimate of drug-likeness (QED) is 0.874. The summed E-state index contributed by atoms with van der Waals surface area (Å²) < 4.78 is 13.1. The summed E-state index contributed by atoms with van der Waals surface area (Å²) in [7, 11) is 0. The molecular formula is C13H15ClFN3. The molecule has 0 saturated heterocycles. The van der Waals surface area contributed by atoms with Gasteiger partial charge in [0.05, 0.1) is 11.1 Å². The minimum atomic E-state index is -0.390. The average molecular weight is 268 g/mol. The molecule has 96 valence electrons. The highest BCUT2D eigenvalue weighted by atomic mass is 35.5. The molecule has 1 atom stereocenters. The van der Waals surface area contributed by atoms with Crippen molar-refractivity contribution in [2.45, 2.75) is 19.4 Å². The van der Waals surface area contributed by atoms with Gasteiger partial charge in [-0.05, 0) is 30.7 Å². The Labute approximate surface area is 110 Å². The van der Waals surface area contributed by atoms with Gasteiger partial charge in [-0.25, -0.2) is 9.37 Å². The number of benzene rings is 1. The number of halogens is 2. The third-order valence-corrected chi connectivity index (χ3v) is 3.01. The van der Waals surface area contributed by atoms with E-state index in [0.29, 0.717) is 6.42 Å². The first-order valence-corrected chi connectivity index (χ1v) is 6.25. The summed E-state index contributed by atoms with van der Waals surface area (Å²) in [6.45, 7) is 2.87. The Morgan fingerprint density at radius 1 is 1.50 bits per heavy atom. The van der Waals surface area contributed by atoms with Crippen molar-refractivity contribution in [1.82, 2.24) is 15.3 Å². The molecule has 0 aliphatic rings. The van der Waals surface area contributed by atoms with E-state index in [1.54, 1.807) is 24.5 Å². The number of hydrogen-bond acceptors (Lipinski definition) is 2. The van der Waals surface area contributed by atoms with Gasteiger partial charge in [0.2, 0.25) is 0 Å². The molecule has 3 nitrogen and oxygen atoms in total. The largest absolute Gasteiger partial charge is 0.347 e. The lowest BCUT2D eigenvalue weighted by Gasteiger charge is -2.15. The van der Waals surface area contributed by atoms with Gasteiger partial charge >= 0.3 is 0 Å². The van der Waals surface area contributed by atoms with Gasteiger partial charge in [0.1, 0.15) is 11.6 Å². The highest BCUT2D eigenvalue weighted by Crippen LogP contribution is 2.20. The van der Waals surface area contributed by atoms with Crippen molar-refractivity contribution in [2.24, 2.45) is 0 Å². The second-order valence-electron chi connectivity index (χ2n) is 4.04. The Kier molecular flexibility index (Phi) is 4.33. The molecule has 0 spiro atoms. The molecule has 2 aromatic rings. The number of H-pyrrole nitrogens is 1. The van der Waals surface area contributed by atoms with Gasteiger partial charge in [-0.2, -0.15) is 0 Å². The van der Waals surface area contributed by atoms with Gasteiger partial charge < -0.3 is 10.3 Å². The molecule has 0 aliphatic heterocycles. The molecule has 0 amide bonds. The molecule has 1 aromatic carbocycles. The molecule has 0 aliphatic carbocycles. The third kappa shape index (κ3) is 3.09. The monoisotopic (exact) mass is 267 g/mol. The van der Waals surface area contributed by atoms with Gasteiger partial charge in [-0.3, -0.25) is 0 Å². The predicted octanol–water partition coefficient (Wildman–Crippen LogP) is 3.10. The van der Waals surface area contributed by atoms with E-state index in [1.165, 1.54) is 6.07 Å². The molecule has 0 radical (unpaired) electrons.